The molecule has 10 heteroatoms. The molecule has 1 amide bonds. The monoisotopic (exact) mass is 441 g/mol. The zero-order chi connectivity index (χ0) is 21.7. The second-order valence-corrected chi connectivity index (χ2v) is 7.91. The molecule has 0 bridgehead atoms. The van der Waals surface area contributed by atoms with Gasteiger partial charge in [-0.2, -0.15) is 5.26 Å². The van der Waals surface area contributed by atoms with Crippen LogP contribution in [-0.2, 0) is 4.79 Å². The summed E-state index contributed by atoms with van der Waals surface area (Å²) >= 11 is 2.52. The maximum absolute atomic E-state index is 12.4. The fraction of sp³-hybridized carbons (Fsp3) is 0.250. The average Bonchev–Trinajstić information content (AvgIpc) is 3.19. The fourth-order valence-corrected chi connectivity index (χ4v) is 4.27. The van der Waals surface area contributed by atoms with Crippen LogP contribution in [-0.4, -0.2) is 40.8 Å². The molecule has 2 heterocycles. The first kappa shape index (κ1) is 21.5. The van der Waals surface area contributed by atoms with E-state index in [1.807, 2.05) is 17.5 Å². The van der Waals surface area contributed by atoms with E-state index < -0.39 is 0 Å². The van der Waals surface area contributed by atoms with Crippen molar-refractivity contribution in [2.24, 2.45) is 0 Å². The Morgan fingerprint density at radius 3 is 2.73 bits per heavy atom. The molecule has 0 radical (unpaired) electrons. The zero-order valence-electron chi connectivity index (χ0n) is 16.8. The number of thioether (sulfide) groups is 1. The number of ether oxygens (including phenoxy) is 2. The van der Waals surface area contributed by atoms with Gasteiger partial charge in [0.2, 0.25) is 5.91 Å². The van der Waals surface area contributed by atoms with Crippen LogP contribution in [0.3, 0.4) is 0 Å². The van der Waals surface area contributed by atoms with E-state index in [1.165, 1.54) is 23.1 Å². The van der Waals surface area contributed by atoms with Crippen molar-refractivity contribution >= 4 is 34.1 Å². The van der Waals surface area contributed by atoms with E-state index in [1.54, 1.807) is 34.1 Å². The lowest BCUT2D eigenvalue weighted by molar-refractivity contribution is -0.113. The summed E-state index contributed by atoms with van der Waals surface area (Å²) in [6.45, 7) is 3.50. The van der Waals surface area contributed by atoms with Gasteiger partial charge in [0.15, 0.2) is 5.13 Å². The van der Waals surface area contributed by atoms with Crippen LogP contribution in [0.15, 0.2) is 28.6 Å². The van der Waals surface area contributed by atoms with Crippen LogP contribution in [0.1, 0.15) is 17.1 Å². The topological polar surface area (TPSA) is 110 Å². The summed E-state index contributed by atoms with van der Waals surface area (Å²) in [5, 5.41) is 14.9. The Morgan fingerprint density at radius 2 is 2.03 bits per heavy atom. The minimum atomic E-state index is -0.236. The number of amides is 1. The number of carbonyl (C=O) groups excluding carboxylic acids is 1. The lowest BCUT2D eigenvalue weighted by Crippen LogP contribution is -2.14. The van der Waals surface area contributed by atoms with Crippen LogP contribution in [0, 0.1) is 25.2 Å². The number of anilines is 1. The number of nitriles is 1. The Balaban J connectivity index is 1.69. The number of thiazole rings is 1. The van der Waals surface area contributed by atoms with Crippen molar-refractivity contribution < 1.29 is 14.3 Å². The number of carbonyl (C=O) groups is 1. The number of rotatable bonds is 7. The van der Waals surface area contributed by atoms with E-state index in [9.17, 15) is 10.1 Å². The molecule has 0 aliphatic heterocycles. The molecule has 0 spiro atoms. The average molecular weight is 442 g/mol. The first-order valence-corrected chi connectivity index (χ1v) is 10.7. The molecule has 0 atom stereocenters. The number of hydrogen-bond acceptors (Lipinski definition) is 9. The lowest BCUT2D eigenvalue weighted by Gasteiger charge is -2.08. The van der Waals surface area contributed by atoms with Gasteiger partial charge in [-0.15, -0.1) is 11.3 Å². The van der Waals surface area contributed by atoms with Gasteiger partial charge in [-0.1, -0.05) is 11.8 Å². The highest BCUT2D eigenvalue weighted by Gasteiger charge is 2.15. The van der Waals surface area contributed by atoms with Crippen LogP contribution in [0.5, 0.6) is 11.5 Å². The second kappa shape index (κ2) is 9.56. The van der Waals surface area contributed by atoms with E-state index in [0.717, 1.165) is 5.56 Å². The summed E-state index contributed by atoms with van der Waals surface area (Å²) < 4.78 is 10.6. The van der Waals surface area contributed by atoms with Gasteiger partial charge in [-0.05, 0) is 26.0 Å². The maximum atomic E-state index is 12.4. The fourth-order valence-electron chi connectivity index (χ4n) is 2.67. The van der Waals surface area contributed by atoms with Crippen molar-refractivity contribution in [3.63, 3.8) is 0 Å². The predicted molar refractivity (Wildman–Crippen MR) is 116 cm³/mol. The molecule has 1 aromatic carbocycles. The third-order valence-electron chi connectivity index (χ3n) is 4.06. The number of hydrogen-bond donors (Lipinski definition) is 1. The van der Waals surface area contributed by atoms with Crippen LogP contribution < -0.4 is 14.8 Å². The lowest BCUT2D eigenvalue weighted by atomic mass is 10.1. The number of benzene rings is 1. The van der Waals surface area contributed by atoms with Gasteiger partial charge in [0.05, 0.1) is 31.4 Å². The highest BCUT2D eigenvalue weighted by Crippen LogP contribution is 2.35. The van der Waals surface area contributed by atoms with Crippen LogP contribution in [0.4, 0.5) is 5.13 Å². The van der Waals surface area contributed by atoms with Crippen molar-refractivity contribution in [3.8, 4) is 28.8 Å². The molecule has 0 unspecified atom stereocenters. The number of nitrogens with zero attached hydrogens (tertiary/aromatic N) is 4. The third kappa shape index (κ3) is 4.87. The molecule has 30 heavy (non-hydrogen) atoms. The molecule has 0 saturated carbocycles. The molecule has 1 N–H and O–H groups in total. The van der Waals surface area contributed by atoms with Crippen LogP contribution >= 0.6 is 23.1 Å². The van der Waals surface area contributed by atoms with Crippen molar-refractivity contribution in [2.45, 2.75) is 18.9 Å². The van der Waals surface area contributed by atoms with Crippen molar-refractivity contribution in [1.29, 1.82) is 5.26 Å². The minimum Gasteiger partial charge on any atom is -0.497 e. The molecule has 8 nitrogen and oxygen atoms in total. The number of methoxy groups -OCH3 is 2. The van der Waals surface area contributed by atoms with Crippen molar-refractivity contribution in [2.75, 3.05) is 25.3 Å². The molecule has 0 saturated heterocycles. The molecular weight excluding hydrogens is 422 g/mol. The Hall–Kier alpha value is -3.16. The molecule has 0 aliphatic rings. The van der Waals surface area contributed by atoms with Gasteiger partial charge < -0.3 is 14.8 Å². The van der Waals surface area contributed by atoms with Gasteiger partial charge in [0, 0.05) is 17.0 Å². The van der Waals surface area contributed by atoms with Crippen molar-refractivity contribution in [1.82, 2.24) is 15.0 Å². The first-order valence-electron chi connectivity index (χ1n) is 8.81. The Labute approximate surface area is 182 Å². The quantitative estimate of drug-likeness (QED) is 0.435. The van der Waals surface area contributed by atoms with E-state index in [-0.39, 0.29) is 11.7 Å². The van der Waals surface area contributed by atoms with E-state index >= 15 is 0 Å². The smallest absolute Gasteiger partial charge is 0.236 e. The van der Waals surface area contributed by atoms with Gasteiger partial charge in [-0.3, -0.25) is 4.79 Å². The zero-order valence-corrected chi connectivity index (χ0v) is 18.5. The summed E-state index contributed by atoms with van der Waals surface area (Å²) in [6.07, 6.45) is 0. The standard InChI is InChI=1S/C20H19N5O3S2/c1-11-15(8-21)19(23-12(2)22-11)29-10-18(26)25-20-24-16(9-30-20)14-6-5-13(27-3)7-17(14)28-4/h5-7,9H,10H2,1-4H3,(H,24,25,26). The first-order chi connectivity index (χ1) is 14.4. The molecule has 3 rings (SSSR count). The normalized spacial score (nSPS) is 10.4. The highest BCUT2D eigenvalue weighted by molar-refractivity contribution is 8.00. The summed E-state index contributed by atoms with van der Waals surface area (Å²) in [5.41, 5.74) is 2.48. The Bertz CT molecular complexity index is 1120. The SMILES string of the molecule is COc1ccc(-c2csc(NC(=O)CSc3nc(C)nc(C)c3C#N)n2)c(OC)c1. The van der Waals surface area contributed by atoms with Gasteiger partial charge in [-0.25, -0.2) is 15.0 Å². The predicted octanol–water partition coefficient (Wildman–Crippen LogP) is 3.84. The molecule has 0 fully saturated rings. The van der Waals surface area contributed by atoms with E-state index in [0.29, 0.717) is 44.4 Å². The van der Waals surface area contributed by atoms with Gasteiger partial charge in [0.25, 0.3) is 0 Å². The van der Waals surface area contributed by atoms with E-state index in [2.05, 4.69) is 26.3 Å². The highest BCUT2D eigenvalue weighted by atomic mass is 32.2. The van der Waals surface area contributed by atoms with Crippen molar-refractivity contribution in [3.05, 3.63) is 40.7 Å². The summed E-state index contributed by atoms with van der Waals surface area (Å²) in [4.78, 5) is 25.3. The molecule has 0 aliphatic carbocycles. The summed E-state index contributed by atoms with van der Waals surface area (Å²) in [6, 6.07) is 7.56. The Morgan fingerprint density at radius 1 is 1.23 bits per heavy atom. The number of aryl methyl sites for hydroxylation is 2. The van der Waals surface area contributed by atoms with Crippen LogP contribution in [0.2, 0.25) is 0 Å². The summed E-state index contributed by atoms with van der Waals surface area (Å²) in [5.74, 6) is 1.74. The third-order valence-corrected chi connectivity index (χ3v) is 5.79. The summed E-state index contributed by atoms with van der Waals surface area (Å²) in [7, 11) is 3.17. The van der Waals surface area contributed by atoms with Gasteiger partial charge in [0.1, 0.15) is 34.0 Å². The van der Waals surface area contributed by atoms with Gasteiger partial charge >= 0.3 is 0 Å². The number of nitrogens with one attached hydrogen (secondary N) is 1. The molecule has 2 aromatic heterocycles. The largest absolute Gasteiger partial charge is 0.497 e. The second-order valence-electron chi connectivity index (χ2n) is 6.09. The van der Waals surface area contributed by atoms with E-state index in [4.69, 9.17) is 9.47 Å². The molecule has 3 aromatic rings. The molecule has 154 valence electrons. The number of aromatic nitrogens is 3. The van der Waals surface area contributed by atoms with Crippen LogP contribution in [0.25, 0.3) is 11.3 Å². The Kier molecular flexibility index (Phi) is 6.87. The molecular formula is C20H19N5O3S2. The maximum Gasteiger partial charge on any atom is 0.236 e. The minimum absolute atomic E-state index is 0.103.